The zero-order valence-electron chi connectivity index (χ0n) is 11.6. The lowest BCUT2D eigenvalue weighted by molar-refractivity contribution is 0.0581. The second-order valence-electron chi connectivity index (χ2n) is 5.09. The van der Waals surface area contributed by atoms with Crippen LogP contribution in [0.3, 0.4) is 0 Å². The predicted molar refractivity (Wildman–Crippen MR) is 81.5 cm³/mol. The Morgan fingerprint density at radius 2 is 2.20 bits per heavy atom. The number of rotatable bonds is 5. The number of aliphatic hydroxyl groups is 1. The highest BCUT2D eigenvalue weighted by Gasteiger charge is 2.24. The molecule has 0 radical (unpaired) electrons. The molecule has 0 aliphatic rings. The first-order valence-corrected chi connectivity index (χ1v) is 7.41. The summed E-state index contributed by atoms with van der Waals surface area (Å²) in [5, 5.41) is 24.7. The summed E-state index contributed by atoms with van der Waals surface area (Å²) in [6, 6.07) is 13.6. The van der Waals surface area contributed by atoms with Crippen LogP contribution in [0.15, 0.2) is 41.8 Å². The Balaban J connectivity index is 2.02. The molecule has 2 rings (SSSR count). The van der Waals surface area contributed by atoms with Gasteiger partial charge in [-0.2, -0.15) is 5.26 Å². The molecule has 0 saturated heterocycles. The number of hydrogen-bond donors (Lipinski definition) is 2. The van der Waals surface area contributed by atoms with Crippen molar-refractivity contribution < 1.29 is 5.11 Å². The molecule has 0 saturated carbocycles. The highest BCUT2D eigenvalue weighted by atomic mass is 32.1. The lowest BCUT2D eigenvalue weighted by Crippen LogP contribution is -2.36. The monoisotopic (exact) mass is 286 g/mol. The molecule has 2 unspecified atom stereocenters. The van der Waals surface area contributed by atoms with Crippen LogP contribution in [0.1, 0.15) is 35.9 Å². The first-order chi connectivity index (χ1) is 9.53. The highest BCUT2D eigenvalue weighted by Crippen LogP contribution is 2.25. The molecule has 4 heteroatoms. The largest absolute Gasteiger partial charge is 0.383 e. The maximum atomic E-state index is 10.5. The lowest BCUT2D eigenvalue weighted by Gasteiger charge is -2.25. The zero-order chi connectivity index (χ0) is 14.6. The third kappa shape index (κ3) is 3.45. The number of nitrogens with zero attached hydrogens (tertiary/aromatic N) is 1. The number of nitrogens with one attached hydrogen (secondary N) is 1. The van der Waals surface area contributed by atoms with E-state index >= 15 is 0 Å². The average Bonchev–Trinajstić information content (AvgIpc) is 3.00. The summed E-state index contributed by atoms with van der Waals surface area (Å²) in [5.41, 5.74) is 0.821. The minimum absolute atomic E-state index is 0.0785. The third-order valence-corrected chi connectivity index (χ3v) is 4.44. The van der Waals surface area contributed by atoms with Gasteiger partial charge in [-0.1, -0.05) is 18.2 Å². The molecule has 0 spiro atoms. The van der Waals surface area contributed by atoms with Crippen LogP contribution in [-0.2, 0) is 5.60 Å². The molecule has 0 aliphatic carbocycles. The Hall–Kier alpha value is -1.67. The zero-order valence-corrected chi connectivity index (χ0v) is 12.4. The van der Waals surface area contributed by atoms with Gasteiger partial charge < -0.3 is 10.4 Å². The van der Waals surface area contributed by atoms with Crippen molar-refractivity contribution in [1.82, 2.24) is 5.32 Å². The fraction of sp³-hybridized carbons (Fsp3) is 0.312. The summed E-state index contributed by atoms with van der Waals surface area (Å²) < 4.78 is 0. The summed E-state index contributed by atoms with van der Waals surface area (Å²) in [6.07, 6.45) is 0. The Labute approximate surface area is 123 Å². The molecule has 3 nitrogen and oxygen atoms in total. The van der Waals surface area contributed by atoms with Crippen molar-refractivity contribution in [2.45, 2.75) is 25.5 Å². The van der Waals surface area contributed by atoms with E-state index < -0.39 is 5.60 Å². The molecule has 104 valence electrons. The molecule has 0 bridgehead atoms. The molecule has 2 aromatic rings. The van der Waals surface area contributed by atoms with Gasteiger partial charge in [-0.05, 0) is 43.0 Å². The third-order valence-electron chi connectivity index (χ3n) is 3.32. The van der Waals surface area contributed by atoms with E-state index in [0.717, 1.165) is 10.4 Å². The molecular formula is C16H18N2OS. The van der Waals surface area contributed by atoms with Crippen LogP contribution in [0.2, 0.25) is 0 Å². The average molecular weight is 286 g/mol. The van der Waals surface area contributed by atoms with E-state index in [4.69, 9.17) is 5.26 Å². The molecule has 1 aromatic heterocycles. The van der Waals surface area contributed by atoms with Crippen molar-refractivity contribution in [3.63, 3.8) is 0 Å². The van der Waals surface area contributed by atoms with E-state index in [-0.39, 0.29) is 6.04 Å². The van der Waals surface area contributed by atoms with Crippen molar-refractivity contribution >= 4 is 11.3 Å². The first kappa shape index (κ1) is 14.7. The van der Waals surface area contributed by atoms with E-state index in [1.54, 1.807) is 17.4 Å². The quantitative estimate of drug-likeness (QED) is 0.887. The van der Waals surface area contributed by atoms with Crippen molar-refractivity contribution in [1.29, 1.82) is 5.26 Å². The summed E-state index contributed by atoms with van der Waals surface area (Å²) in [6.45, 7) is 4.30. The smallest absolute Gasteiger partial charge is 0.108 e. The Morgan fingerprint density at radius 3 is 2.85 bits per heavy atom. The standard InChI is InChI=1S/C16H18N2OS/c1-12(14-6-3-5-13(9-14)10-17)18-11-16(2,19)15-7-4-8-20-15/h3-9,12,18-19H,11H2,1-2H3. The molecule has 0 amide bonds. The number of nitriles is 1. The van der Waals surface area contributed by atoms with Gasteiger partial charge in [0, 0.05) is 17.5 Å². The van der Waals surface area contributed by atoms with Gasteiger partial charge >= 0.3 is 0 Å². The fourth-order valence-corrected chi connectivity index (χ4v) is 2.81. The van der Waals surface area contributed by atoms with Crippen molar-refractivity contribution in [2.24, 2.45) is 0 Å². The maximum absolute atomic E-state index is 10.5. The van der Waals surface area contributed by atoms with Crippen molar-refractivity contribution in [3.05, 3.63) is 57.8 Å². The summed E-state index contributed by atoms with van der Waals surface area (Å²) >= 11 is 1.55. The van der Waals surface area contributed by atoms with Gasteiger partial charge in [0.05, 0.1) is 11.6 Å². The van der Waals surface area contributed by atoms with Gasteiger partial charge in [0.1, 0.15) is 5.60 Å². The molecule has 1 aromatic carbocycles. The van der Waals surface area contributed by atoms with Gasteiger partial charge in [-0.3, -0.25) is 0 Å². The Kier molecular flexibility index (Phi) is 4.56. The number of hydrogen-bond acceptors (Lipinski definition) is 4. The molecule has 1 heterocycles. The summed E-state index contributed by atoms with van der Waals surface area (Å²) in [4.78, 5) is 0.947. The molecule has 20 heavy (non-hydrogen) atoms. The normalized spacial score (nSPS) is 15.3. The Bertz CT molecular complexity index is 599. The SMILES string of the molecule is CC(NCC(C)(O)c1cccs1)c1cccc(C#N)c1. The second-order valence-corrected chi connectivity index (χ2v) is 6.04. The van der Waals surface area contributed by atoms with Gasteiger partial charge in [0.2, 0.25) is 0 Å². The molecule has 2 atom stereocenters. The van der Waals surface area contributed by atoms with E-state index in [1.807, 2.05) is 49.6 Å². The van der Waals surface area contributed by atoms with Crippen LogP contribution in [0, 0.1) is 11.3 Å². The van der Waals surface area contributed by atoms with Gasteiger partial charge in [-0.15, -0.1) is 11.3 Å². The van der Waals surface area contributed by atoms with Crippen LogP contribution < -0.4 is 5.32 Å². The van der Waals surface area contributed by atoms with E-state index in [0.29, 0.717) is 12.1 Å². The Morgan fingerprint density at radius 1 is 1.40 bits per heavy atom. The predicted octanol–water partition coefficient (Wildman–Crippen LogP) is 3.18. The highest BCUT2D eigenvalue weighted by molar-refractivity contribution is 7.10. The lowest BCUT2D eigenvalue weighted by atomic mass is 10.0. The molecule has 2 N–H and O–H groups in total. The molecule has 0 aliphatic heterocycles. The minimum atomic E-state index is -0.880. The summed E-state index contributed by atoms with van der Waals surface area (Å²) in [7, 11) is 0. The molecule has 0 fully saturated rings. The van der Waals surface area contributed by atoms with E-state index in [9.17, 15) is 5.11 Å². The van der Waals surface area contributed by atoms with Gasteiger partial charge in [-0.25, -0.2) is 0 Å². The van der Waals surface area contributed by atoms with Gasteiger partial charge in [0.25, 0.3) is 0 Å². The summed E-state index contributed by atoms with van der Waals surface area (Å²) in [5.74, 6) is 0. The molecular weight excluding hydrogens is 268 g/mol. The fourth-order valence-electron chi connectivity index (χ4n) is 2.02. The van der Waals surface area contributed by atoms with Crippen LogP contribution >= 0.6 is 11.3 Å². The van der Waals surface area contributed by atoms with Crippen molar-refractivity contribution in [2.75, 3.05) is 6.54 Å². The van der Waals surface area contributed by atoms with Crippen LogP contribution in [-0.4, -0.2) is 11.7 Å². The van der Waals surface area contributed by atoms with Crippen LogP contribution in [0.5, 0.6) is 0 Å². The number of thiophene rings is 1. The van der Waals surface area contributed by atoms with E-state index in [2.05, 4.69) is 11.4 Å². The van der Waals surface area contributed by atoms with Crippen molar-refractivity contribution in [3.8, 4) is 6.07 Å². The van der Waals surface area contributed by atoms with Crippen LogP contribution in [0.25, 0.3) is 0 Å². The first-order valence-electron chi connectivity index (χ1n) is 6.53. The van der Waals surface area contributed by atoms with E-state index in [1.165, 1.54) is 0 Å². The topological polar surface area (TPSA) is 56.0 Å². The minimum Gasteiger partial charge on any atom is -0.383 e. The number of benzene rings is 1. The van der Waals surface area contributed by atoms with Crippen LogP contribution in [0.4, 0.5) is 0 Å². The van der Waals surface area contributed by atoms with Gasteiger partial charge in [0.15, 0.2) is 0 Å². The maximum Gasteiger partial charge on any atom is 0.108 e. The second kappa shape index (κ2) is 6.19.